The highest BCUT2D eigenvalue weighted by atomic mass is 32.2. The second-order valence-corrected chi connectivity index (χ2v) is 9.69. The van der Waals surface area contributed by atoms with Gasteiger partial charge in [0.15, 0.2) is 0 Å². The predicted molar refractivity (Wildman–Crippen MR) is 121 cm³/mol. The number of carbonyl (C=O) groups excluding carboxylic acids is 2. The Kier molecular flexibility index (Phi) is 5.70. The second kappa shape index (κ2) is 8.33. The number of nitrogens with one attached hydrogen (secondary N) is 2. The van der Waals surface area contributed by atoms with E-state index in [0.29, 0.717) is 22.4 Å². The number of sulfonamides is 1. The molecule has 1 aliphatic rings. The van der Waals surface area contributed by atoms with Crippen LogP contribution in [0.15, 0.2) is 47.4 Å². The largest absolute Gasteiger partial charge is 0.310 e. The summed E-state index contributed by atoms with van der Waals surface area (Å²) in [5.74, 6) is -0.291. The Labute approximate surface area is 186 Å². The fourth-order valence-electron chi connectivity index (χ4n) is 3.70. The monoisotopic (exact) mass is 452 g/mol. The Hall–Kier alpha value is -3.30. The number of amides is 1. The molecule has 0 radical (unpaired) electrons. The second-order valence-electron chi connectivity index (χ2n) is 7.95. The molecule has 3 aromatic rings. The minimum atomic E-state index is -3.81. The van der Waals surface area contributed by atoms with Crippen molar-refractivity contribution in [2.45, 2.75) is 45.1 Å². The lowest BCUT2D eigenvalue weighted by Gasteiger charge is -2.13. The van der Waals surface area contributed by atoms with E-state index in [0.717, 1.165) is 11.1 Å². The molecule has 2 aromatic carbocycles. The summed E-state index contributed by atoms with van der Waals surface area (Å²) in [5, 5.41) is 7.03. The van der Waals surface area contributed by atoms with Crippen molar-refractivity contribution in [2.24, 2.45) is 0 Å². The van der Waals surface area contributed by atoms with Gasteiger partial charge in [0.1, 0.15) is 5.82 Å². The molecule has 0 saturated heterocycles. The van der Waals surface area contributed by atoms with Crippen LogP contribution in [0.5, 0.6) is 0 Å². The molecule has 0 bridgehead atoms. The van der Waals surface area contributed by atoms with Crippen LogP contribution in [-0.4, -0.2) is 30.0 Å². The molecule has 0 fully saturated rings. The molecule has 9 heteroatoms. The molecule has 166 valence electrons. The third-order valence-electron chi connectivity index (χ3n) is 5.47. The number of carbonyl (C=O) groups is 2. The number of hydrogen-bond donors (Lipinski definition) is 2. The molecule has 0 spiro atoms. The average Bonchev–Trinajstić information content (AvgIpc) is 3.00. The Balaban J connectivity index is 1.71. The molecular weight excluding hydrogens is 428 g/mol. The predicted octanol–water partition coefficient (Wildman–Crippen LogP) is 3.33. The van der Waals surface area contributed by atoms with Crippen molar-refractivity contribution < 1.29 is 18.0 Å². The minimum absolute atomic E-state index is 0.0653. The van der Waals surface area contributed by atoms with Gasteiger partial charge in [-0.1, -0.05) is 42.0 Å². The fraction of sp³-hybridized carbons (Fsp3) is 0.261. The van der Waals surface area contributed by atoms with Gasteiger partial charge in [-0.15, -0.1) is 0 Å². The topological polar surface area (TPSA) is 110 Å². The first-order chi connectivity index (χ1) is 15.2. The Morgan fingerprint density at radius 1 is 1.03 bits per heavy atom. The molecule has 0 saturated carbocycles. The van der Waals surface area contributed by atoms with Crippen molar-refractivity contribution in [1.29, 1.82) is 0 Å². The van der Waals surface area contributed by atoms with Crippen molar-refractivity contribution in [3.63, 3.8) is 0 Å². The molecule has 1 amide bonds. The maximum Gasteiger partial charge on any atom is 0.249 e. The average molecular weight is 453 g/mol. The number of nitrogens with zero attached hydrogens (tertiary/aromatic N) is 2. The summed E-state index contributed by atoms with van der Waals surface area (Å²) in [6.07, 6.45) is 0.146. The quantitative estimate of drug-likeness (QED) is 0.617. The van der Waals surface area contributed by atoms with Crippen molar-refractivity contribution in [1.82, 2.24) is 14.5 Å². The maximum atomic E-state index is 13.1. The summed E-state index contributed by atoms with van der Waals surface area (Å²) in [6, 6.07) is 12.7. The minimum Gasteiger partial charge on any atom is -0.310 e. The van der Waals surface area contributed by atoms with E-state index < -0.39 is 10.0 Å². The van der Waals surface area contributed by atoms with E-state index in [4.69, 9.17) is 0 Å². The number of hydrogen-bond acceptors (Lipinski definition) is 5. The molecule has 0 aliphatic carbocycles. The molecule has 8 nitrogen and oxygen atoms in total. The van der Waals surface area contributed by atoms with E-state index in [1.807, 2.05) is 31.2 Å². The summed E-state index contributed by atoms with van der Waals surface area (Å²) in [6.45, 7) is 5.58. The van der Waals surface area contributed by atoms with Gasteiger partial charge in [-0.3, -0.25) is 9.59 Å². The van der Waals surface area contributed by atoms with Gasteiger partial charge in [-0.25, -0.2) is 13.1 Å². The third kappa shape index (κ3) is 4.21. The Bertz CT molecular complexity index is 1320. The zero-order chi connectivity index (χ0) is 23.0. The number of aryl methyl sites for hydroxylation is 3. The highest BCUT2D eigenvalue weighted by Crippen LogP contribution is 2.35. The van der Waals surface area contributed by atoms with Gasteiger partial charge in [-0.05, 0) is 43.5 Å². The summed E-state index contributed by atoms with van der Waals surface area (Å²) in [5.41, 5.74) is 4.15. The van der Waals surface area contributed by atoms with Crippen molar-refractivity contribution in [3.8, 4) is 11.1 Å². The molecular formula is C23H24N4O4S. The normalized spacial score (nSPS) is 14.1. The van der Waals surface area contributed by atoms with E-state index in [1.165, 1.54) is 4.68 Å². The standard InChI is InChI=1S/C23H24N4O4S/c1-14-4-7-17(8-5-14)13-24-32(30,31)19-12-18(9-6-15(19)2)22-16(3)26-27-21(29)11-10-20(28)25-23(22)27/h4-9,12,24H,10-11,13H2,1-3H3,(H,25,28). The highest BCUT2D eigenvalue weighted by Gasteiger charge is 2.27. The lowest BCUT2D eigenvalue weighted by atomic mass is 10.0. The molecule has 1 aromatic heterocycles. The van der Waals surface area contributed by atoms with Crippen LogP contribution in [0.4, 0.5) is 5.82 Å². The third-order valence-corrected chi connectivity index (χ3v) is 7.02. The fourth-order valence-corrected chi connectivity index (χ4v) is 4.98. The van der Waals surface area contributed by atoms with Gasteiger partial charge in [0.05, 0.1) is 10.6 Å². The van der Waals surface area contributed by atoms with Crippen LogP contribution in [-0.2, 0) is 21.4 Å². The van der Waals surface area contributed by atoms with Gasteiger partial charge in [0.2, 0.25) is 21.8 Å². The first-order valence-electron chi connectivity index (χ1n) is 10.2. The summed E-state index contributed by atoms with van der Waals surface area (Å²) in [7, 11) is -3.81. The molecule has 0 atom stereocenters. The molecule has 2 N–H and O–H groups in total. The van der Waals surface area contributed by atoms with Crippen LogP contribution in [0, 0.1) is 20.8 Å². The number of aromatic nitrogens is 2. The summed E-state index contributed by atoms with van der Waals surface area (Å²) >= 11 is 0. The number of rotatable bonds is 5. The molecule has 2 heterocycles. The summed E-state index contributed by atoms with van der Waals surface area (Å²) < 4.78 is 30.0. The van der Waals surface area contributed by atoms with E-state index in [9.17, 15) is 18.0 Å². The van der Waals surface area contributed by atoms with E-state index in [1.54, 1.807) is 32.0 Å². The number of benzene rings is 2. The molecule has 32 heavy (non-hydrogen) atoms. The lowest BCUT2D eigenvalue weighted by Crippen LogP contribution is -2.24. The highest BCUT2D eigenvalue weighted by molar-refractivity contribution is 7.89. The maximum absolute atomic E-state index is 13.1. The van der Waals surface area contributed by atoms with Crippen LogP contribution in [0.25, 0.3) is 11.1 Å². The van der Waals surface area contributed by atoms with Crippen LogP contribution in [0.1, 0.15) is 40.0 Å². The smallest absolute Gasteiger partial charge is 0.249 e. The Morgan fingerprint density at radius 3 is 2.47 bits per heavy atom. The van der Waals surface area contributed by atoms with Crippen LogP contribution >= 0.6 is 0 Å². The van der Waals surface area contributed by atoms with E-state index in [2.05, 4.69) is 15.1 Å². The van der Waals surface area contributed by atoms with Crippen molar-refractivity contribution in [3.05, 3.63) is 64.8 Å². The number of fused-ring (bicyclic) bond motifs is 1. The number of anilines is 1. The van der Waals surface area contributed by atoms with Gasteiger partial charge >= 0.3 is 0 Å². The first-order valence-corrected chi connectivity index (χ1v) is 11.7. The van der Waals surface area contributed by atoms with Gasteiger partial charge in [0, 0.05) is 24.9 Å². The molecule has 0 unspecified atom stereocenters. The van der Waals surface area contributed by atoms with E-state index in [-0.39, 0.29) is 41.9 Å². The molecule has 1 aliphatic heterocycles. The van der Waals surface area contributed by atoms with Gasteiger partial charge < -0.3 is 5.32 Å². The summed E-state index contributed by atoms with van der Waals surface area (Å²) in [4.78, 5) is 24.6. The zero-order valence-electron chi connectivity index (χ0n) is 18.1. The van der Waals surface area contributed by atoms with Crippen LogP contribution < -0.4 is 10.0 Å². The Morgan fingerprint density at radius 2 is 1.75 bits per heavy atom. The van der Waals surface area contributed by atoms with Crippen LogP contribution in [0.3, 0.4) is 0 Å². The lowest BCUT2D eigenvalue weighted by molar-refractivity contribution is -0.116. The first kappa shape index (κ1) is 21.9. The van der Waals surface area contributed by atoms with E-state index >= 15 is 0 Å². The molecule has 4 rings (SSSR count). The van der Waals surface area contributed by atoms with Crippen molar-refractivity contribution in [2.75, 3.05) is 5.32 Å². The van der Waals surface area contributed by atoms with Gasteiger partial charge in [0.25, 0.3) is 0 Å². The SMILES string of the molecule is Cc1ccc(CNS(=O)(=O)c2cc(-c3c(C)nn4c3NC(=O)CCC4=O)ccc2C)cc1. The van der Waals surface area contributed by atoms with Gasteiger partial charge in [-0.2, -0.15) is 9.78 Å². The zero-order valence-corrected chi connectivity index (χ0v) is 18.9. The van der Waals surface area contributed by atoms with Crippen molar-refractivity contribution >= 4 is 27.7 Å². The van der Waals surface area contributed by atoms with Crippen LogP contribution in [0.2, 0.25) is 0 Å².